The molecule has 22 heavy (non-hydrogen) atoms. The molecule has 0 unspecified atom stereocenters. The zero-order chi connectivity index (χ0) is 15.9. The first-order chi connectivity index (χ1) is 10.5. The lowest BCUT2D eigenvalue weighted by Crippen LogP contribution is -2.37. The molecule has 0 spiro atoms. The Balaban J connectivity index is 2.25. The number of anilines is 2. The van der Waals surface area contributed by atoms with Gasteiger partial charge in [-0.2, -0.15) is 0 Å². The number of hydrogen-bond donors (Lipinski definition) is 1. The molecule has 0 amide bonds. The Labute approximate surface area is 124 Å². The van der Waals surface area contributed by atoms with Crippen molar-refractivity contribution in [3.05, 3.63) is 63.2 Å². The molecule has 2 aromatic heterocycles. The van der Waals surface area contributed by atoms with Crippen LogP contribution in [-0.2, 0) is 14.1 Å². The molecular weight excluding hydrogens is 287 g/mol. The number of aryl methyl sites for hydroxylation is 1. The summed E-state index contributed by atoms with van der Waals surface area (Å²) in [5, 5.41) is 3.36. The van der Waals surface area contributed by atoms with Crippen LogP contribution < -0.4 is 16.6 Å². The highest BCUT2D eigenvalue weighted by molar-refractivity contribution is 5.90. The fraction of sp³-hybridized carbons (Fsp3) is 0.133. The Morgan fingerprint density at radius 2 is 1.73 bits per heavy atom. The van der Waals surface area contributed by atoms with Crippen molar-refractivity contribution in [3.8, 4) is 0 Å². The van der Waals surface area contributed by atoms with Crippen LogP contribution in [0.15, 0.2) is 46.1 Å². The summed E-state index contributed by atoms with van der Waals surface area (Å²) in [6.07, 6.45) is 1.51. The number of nitrogens with zero attached hydrogens (tertiary/aromatic N) is 3. The van der Waals surface area contributed by atoms with Gasteiger partial charge in [0.15, 0.2) is 5.65 Å². The van der Waals surface area contributed by atoms with Gasteiger partial charge >= 0.3 is 5.69 Å². The SMILES string of the molecule is Cn1c(=O)c2c(Nc3ccc(F)cc3)ccnc2n(C)c1=O. The summed E-state index contributed by atoms with van der Waals surface area (Å²) >= 11 is 0. The smallest absolute Gasteiger partial charge is 0.332 e. The molecular formula is C15H13FN4O2. The lowest BCUT2D eigenvalue weighted by Gasteiger charge is -2.12. The predicted octanol–water partition coefficient (Wildman–Crippen LogP) is 1.51. The van der Waals surface area contributed by atoms with Crippen LogP contribution in [0.5, 0.6) is 0 Å². The van der Waals surface area contributed by atoms with Gasteiger partial charge in [-0.1, -0.05) is 0 Å². The second kappa shape index (κ2) is 5.10. The van der Waals surface area contributed by atoms with Crippen molar-refractivity contribution in [2.24, 2.45) is 14.1 Å². The van der Waals surface area contributed by atoms with Crippen LogP contribution in [0.2, 0.25) is 0 Å². The van der Waals surface area contributed by atoms with Gasteiger partial charge in [-0.15, -0.1) is 0 Å². The molecule has 3 rings (SSSR count). The number of aromatic nitrogens is 3. The maximum atomic E-state index is 13.0. The molecule has 112 valence electrons. The summed E-state index contributed by atoms with van der Waals surface area (Å²) in [6.45, 7) is 0. The molecule has 0 atom stereocenters. The van der Waals surface area contributed by atoms with Crippen LogP contribution in [-0.4, -0.2) is 14.1 Å². The summed E-state index contributed by atoms with van der Waals surface area (Å²) < 4.78 is 15.3. The van der Waals surface area contributed by atoms with Crippen molar-refractivity contribution in [1.82, 2.24) is 14.1 Å². The van der Waals surface area contributed by atoms with Gasteiger partial charge in [0.2, 0.25) is 0 Å². The van der Waals surface area contributed by atoms with E-state index in [1.807, 2.05) is 0 Å². The van der Waals surface area contributed by atoms with Crippen LogP contribution in [0.4, 0.5) is 15.8 Å². The molecule has 1 N–H and O–H groups in total. The minimum Gasteiger partial charge on any atom is -0.355 e. The lowest BCUT2D eigenvalue weighted by molar-refractivity contribution is 0.628. The number of fused-ring (bicyclic) bond motifs is 1. The highest BCUT2D eigenvalue weighted by atomic mass is 19.1. The molecule has 0 aliphatic rings. The zero-order valence-electron chi connectivity index (χ0n) is 12.0. The van der Waals surface area contributed by atoms with E-state index in [4.69, 9.17) is 0 Å². The molecule has 0 radical (unpaired) electrons. The third-order valence-electron chi connectivity index (χ3n) is 3.46. The summed E-state index contributed by atoms with van der Waals surface area (Å²) in [5.41, 5.74) is 0.553. The van der Waals surface area contributed by atoms with E-state index < -0.39 is 11.2 Å². The fourth-order valence-electron chi connectivity index (χ4n) is 2.28. The monoisotopic (exact) mass is 300 g/mol. The molecule has 0 saturated heterocycles. The van der Waals surface area contributed by atoms with E-state index >= 15 is 0 Å². The summed E-state index contributed by atoms with van der Waals surface area (Å²) in [5.74, 6) is -0.344. The molecule has 0 aliphatic carbocycles. The van der Waals surface area contributed by atoms with E-state index in [1.165, 1.54) is 29.9 Å². The van der Waals surface area contributed by atoms with E-state index in [0.29, 0.717) is 22.4 Å². The summed E-state index contributed by atoms with van der Waals surface area (Å²) in [4.78, 5) is 28.4. The first kappa shape index (κ1) is 14.0. The number of pyridine rings is 1. The van der Waals surface area contributed by atoms with Crippen molar-refractivity contribution in [2.45, 2.75) is 0 Å². The van der Waals surface area contributed by atoms with Crippen molar-refractivity contribution < 1.29 is 4.39 Å². The van der Waals surface area contributed by atoms with Crippen LogP contribution in [0, 0.1) is 5.82 Å². The maximum Gasteiger partial charge on any atom is 0.332 e. The van der Waals surface area contributed by atoms with E-state index in [9.17, 15) is 14.0 Å². The fourth-order valence-corrected chi connectivity index (χ4v) is 2.28. The Bertz CT molecular complexity index is 974. The summed E-state index contributed by atoms with van der Waals surface area (Å²) in [7, 11) is 2.97. The van der Waals surface area contributed by atoms with E-state index in [0.717, 1.165) is 4.57 Å². The van der Waals surface area contributed by atoms with Gasteiger partial charge in [-0.3, -0.25) is 13.9 Å². The van der Waals surface area contributed by atoms with E-state index in [-0.39, 0.29) is 5.82 Å². The summed E-state index contributed by atoms with van der Waals surface area (Å²) in [6, 6.07) is 7.40. The van der Waals surface area contributed by atoms with E-state index in [2.05, 4.69) is 10.3 Å². The van der Waals surface area contributed by atoms with Gasteiger partial charge in [0.1, 0.15) is 11.2 Å². The minimum absolute atomic E-state index is 0.292. The average Bonchev–Trinajstić information content (AvgIpc) is 2.53. The van der Waals surface area contributed by atoms with Crippen LogP contribution in [0.25, 0.3) is 11.0 Å². The Morgan fingerprint density at radius 3 is 2.41 bits per heavy atom. The zero-order valence-corrected chi connectivity index (χ0v) is 12.0. The number of rotatable bonds is 2. The van der Waals surface area contributed by atoms with Gasteiger partial charge in [0, 0.05) is 26.0 Å². The molecule has 2 heterocycles. The maximum absolute atomic E-state index is 13.0. The third kappa shape index (κ3) is 2.16. The van der Waals surface area contributed by atoms with Gasteiger partial charge in [-0.05, 0) is 30.3 Å². The normalized spacial score (nSPS) is 10.9. The largest absolute Gasteiger partial charge is 0.355 e. The van der Waals surface area contributed by atoms with E-state index in [1.54, 1.807) is 25.2 Å². The lowest BCUT2D eigenvalue weighted by atomic mass is 10.2. The number of halogens is 1. The predicted molar refractivity (Wildman–Crippen MR) is 81.9 cm³/mol. The quantitative estimate of drug-likeness (QED) is 0.779. The second-order valence-corrected chi connectivity index (χ2v) is 4.89. The first-order valence-electron chi connectivity index (χ1n) is 6.56. The van der Waals surface area contributed by atoms with Gasteiger partial charge in [-0.25, -0.2) is 14.2 Å². The van der Waals surface area contributed by atoms with Crippen LogP contribution >= 0.6 is 0 Å². The van der Waals surface area contributed by atoms with Gasteiger partial charge in [0.25, 0.3) is 5.56 Å². The Kier molecular flexibility index (Phi) is 3.25. The van der Waals surface area contributed by atoms with Crippen LogP contribution in [0.1, 0.15) is 0 Å². The Hall–Kier alpha value is -2.96. The standard InChI is InChI=1S/C15H13FN4O2/c1-19-13-12(14(21)20(2)15(19)22)11(7-8-17-13)18-10-5-3-9(16)4-6-10/h3-8H,1-2H3,(H,17,18). The third-order valence-corrected chi connectivity index (χ3v) is 3.46. The van der Waals surface area contributed by atoms with Crippen molar-refractivity contribution in [2.75, 3.05) is 5.32 Å². The Morgan fingerprint density at radius 1 is 1.05 bits per heavy atom. The highest BCUT2D eigenvalue weighted by Crippen LogP contribution is 2.21. The van der Waals surface area contributed by atoms with Crippen molar-refractivity contribution in [1.29, 1.82) is 0 Å². The van der Waals surface area contributed by atoms with Crippen molar-refractivity contribution in [3.63, 3.8) is 0 Å². The molecule has 0 fully saturated rings. The number of hydrogen-bond acceptors (Lipinski definition) is 4. The highest BCUT2D eigenvalue weighted by Gasteiger charge is 2.13. The molecule has 0 saturated carbocycles. The molecule has 6 nitrogen and oxygen atoms in total. The topological polar surface area (TPSA) is 68.9 Å². The van der Waals surface area contributed by atoms with Crippen LogP contribution in [0.3, 0.4) is 0 Å². The molecule has 3 aromatic rings. The molecule has 7 heteroatoms. The van der Waals surface area contributed by atoms with Crippen molar-refractivity contribution >= 4 is 22.4 Å². The molecule has 1 aromatic carbocycles. The van der Waals surface area contributed by atoms with Gasteiger partial charge < -0.3 is 5.32 Å². The first-order valence-corrected chi connectivity index (χ1v) is 6.56. The van der Waals surface area contributed by atoms with Gasteiger partial charge in [0.05, 0.1) is 5.69 Å². The molecule has 0 aliphatic heterocycles. The average molecular weight is 300 g/mol. The minimum atomic E-state index is -0.441. The number of benzene rings is 1. The molecule has 0 bridgehead atoms. The second-order valence-electron chi connectivity index (χ2n) is 4.89. The number of nitrogens with one attached hydrogen (secondary N) is 1.